The molecule has 8 nitrogen and oxygen atoms in total. The van der Waals surface area contributed by atoms with Crippen LogP contribution in [0.25, 0.3) is 20.7 Å². The lowest BCUT2D eigenvalue weighted by atomic mass is 10.1. The highest BCUT2D eigenvalue weighted by atomic mass is 32.1. The van der Waals surface area contributed by atoms with Crippen molar-refractivity contribution in [2.24, 2.45) is 0 Å². The van der Waals surface area contributed by atoms with Gasteiger partial charge in [0.15, 0.2) is 5.75 Å². The number of esters is 1. The largest absolute Gasteiger partial charge is 0.505 e. The Morgan fingerprint density at radius 1 is 1.23 bits per heavy atom. The summed E-state index contributed by atoms with van der Waals surface area (Å²) >= 11 is 2.89. The van der Waals surface area contributed by atoms with Crippen molar-refractivity contribution in [2.75, 3.05) is 12.4 Å². The molecule has 0 spiro atoms. The van der Waals surface area contributed by atoms with E-state index in [0.717, 1.165) is 10.4 Å². The van der Waals surface area contributed by atoms with E-state index in [1.54, 1.807) is 0 Å². The number of carbonyl (C=O) groups excluding carboxylic acids is 2. The molecule has 0 aliphatic rings. The lowest BCUT2D eigenvalue weighted by Gasteiger charge is -2.11. The monoisotopic (exact) mass is 441 g/mol. The van der Waals surface area contributed by atoms with Crippen LogP contribution in [0.3, 0.4) is 0 Å². The van der Waals surface area contributed by atoms with Crippen LogP contribution < -0.4 is 10.9 Å². The number of nitrogens with one attached hydrogen (secondary N) is 1. The molecule has 0 aliphatic carbocycles. The van der Waals surface area contributed by atoms with Crippen LogP contribution in [-0.2, 0) is 16.1 Å². The maximum atomic E-state index is 13.0. The summed E-state index contributed by atoms with van der Waals surface area (Å²) in [5.74, 6) is -1.69. The zero-order chi connectivity index (χ0) is 21.3. The van der Waals surface area contributed by atoms with E-state index in [-0.39, 0.29) is 23.4 Å². The van der Waals surface area contributed by atoms with Crippen LogP contribution in [0.1, 0.15) is 10.4 Å². The predicted molar refractivity (Wildman–Crippen MR) is 115 cm³/mol. The number of phenolic OH excluding ortho intramolecular Hbond substituents is 1. The van der Waals surface area contributed by atoms with E-state index in [9.17, 15) is 19.5 Å². The third kappa shape index (κ3) is 3.58. The number of methoxy groups -OCH3 is 1. The predicted octanol–water partition coefficient (Wildman–Crippen LogP) is 3.32. The minimum absolute atomic E-state index is 0.0415. The number of thiophene rings is 2. The van der Waals surface area contributed by atoms with Crippen LogP contribution >= 0.6 is 22.7 Å². The molecular formula is C20H15N3O5S2. The summed E-state index contributed by atoms with van der Waals surface area (Å²) < 4.78 is 5.81. The second-order valence-corrected chi connectivity index (χ2v) is 8.03. The van der Waals surface area contributed by atoms with Crippen molar-refractivity contribution in [1.82, 2.24) is 9.55 Å². The zero-order valence-corrected chi connectivity index (χ0v) is 17.3. The molecule has 2 N–H and O–H groups in total. The van der Waals surface area contributed by atoms with E-state index in [0.29, 0.717) is 10.2 Å². The van der Waals surface area contributed by atoms with Gasteiger partial charge in [-0.25, -0.2) is 9.78 Å². The third-order valence-corrected chi connectivity index (χ3v) is 6.17. The number of phenols is 1. The van der Waals surface area contributed by atoms with Gasteiger partial charge in [-0.3, -0.25) is 14.2 Å². The smallest absolute Gasteiger partial charge is 0.341 e. The highest BCUT2D eigenvalue weighted by Gasteiger charge is 2.18. The fraction of sp³-hybridized carbons (Fsp3) is 0.100. The van der Waals surface area contributed by atoms with Crippen molar-refractivity contribution in [3.8, 4) is 16.2 Å². The summed E-state index contributed by atoms with van der Waals surface area (Å²) in [6.45, 7) is -0.302. The molecule has 4 aromatic rings. The Morgan fingerprint density at radius 3 is 2.80 bits per heavy atom. The number of para-hydroxylation sites is 1. The van der Waals surface area contributed by atoms with E-state index in [1.165, 1.54) is 58.9 Å². The van der Waals surface area contributed by atoms with E-state index < -0.39 is 17.6 Å². The number of anilines is 1. The lowest BCUT2D eigenvalue weighted by molar-refractivity contribution is -0.116. The minimum Gasteiger partial charge on any atom is -0.505 e. The minimum atomic E-state index is -0.729. The molecule has 0 bridgehead atoms. The molecule has 152 valence electrons. The number of benzene rings is 1. The number of hydrogen-bond acceptors (Lipinski definition) is 8. The molecule has 3 heterocycles. The van der Waals surface area contributed by atoms with Gasteiger partial charge < -0.3 is 15.2 Å². The Bertz CT molecular complexity index is 1310. The maximum Gasteiger partial charge on any atom is 0.341 e. The second-order valence-electron chi connectivity index (χ2n) is 6.23. The van der Waals surface area contributed by atoms with Gasteiger partial charge in [-0.1, -0.05) is 12.1 Å². The number of aromatic nitrogens is 2. The first-order valence-electron chi connectivity index (χ1n) is 8.70. The van der Waals surface area contributed by atoms with E-state index in [4.69, 9.17) is 0 Å². The summed E-state index contributed by atoms with van der Waals surface area (Å²) in [7, 11) is 1.19. The van der Waals surface area contributed by atoms with Gasteiger partial charge in [0.25, 0.3) is 5.56 Å². The first kappa shape index (κ1) is 19.8. The maximum absolute atomic E-state index is 13.0. The van der Waals surface area contributed by atoms with Gasteiger partial charge in [0.05, 0.1) is 24.5 Å². The number of aromatic hydroxyl groups is 1. The average molecular weight is 441 g/mol. The van der Waals surface area contributed by atoms with Crippen LogP contribution in [0, 0.1) is 0 Å². The second kappa shape index (κ2) is 8.09. The van der Waals surface area contributed by atoms with Crippen molar-refractivity contribution in [1.29, 1.82) is 0 Å². The van der Waals surface area contributed by atoms with Crippen molar-refractivity contribution in [3.05, 3.63) is 63.3 Å². The van der Waals surface area contributed by atoms with Gasteiger partial charge >= 0.3 is 5.97 Å². The molecule has 1 aromatic carbocycles. The molecule has 1 amide bonds. The number of amides is 1. The van der Waals surface area contributed by atoms with Gasteiger partial charge in [-0.05, 0) is 23.6 Å². The van der Waals surface area contributed by atoms with Crippen molar-refractivity contribution >= 4 is 50.5 Å². The van der Waals surface area contributed by atoms with E-state index >= 15 is 0 Å². The van der Waals surface area contributed by atoms with Crippen molar-refractivity contribution < 1.29 is 19.4 Å². The molecule has 0 saturated carbocycles. The number of nitrogens with zero attached hydrogens (tertiary/aromatic N) is 2. The molecule has 0 aliphatic heterocycles. The Hall–Kier alpha value is -3.50. The topological polar surface area (TPSA) is 111 Å². The summed E-state index contributed by atoms with van der Waals surface area (Å²) in [4.78, 5) is 43.0. The Kier molecular flexibility index (Phi) is 5.34. The van der Waals surface area contributed by atoms with Gasteiger partial charge in [0.1, 0.15) is 16.9 Å². The standard InChI is InChI=1S/C20H15N3O5S2/c1-28-20(27)11-4-2-5-13(17(11)25)22-15(24)8-23-10-21-18-16(19(23)26)12(9-30-18)14-6-3-7-29-14/h2-7,9-10,25H,8H2,1H3,(H,22,24). The molecule has 0 fully saturated rings. The molecule has 0 radical (unpaired) electrons. The molecule has 30 heavy (non-hydrogen) atoms. The number of fused-ring (bicyclic) bond motifs is 1. The molecule has 0 unspecified atom stereocenters. The SMILES string of the molecule is COC(=O)c1cccc(NC(=O)Cn2cnc3scc(-c4cccs4)c3c2=O)c1O. The third-order valence-electron chi connectivity index (χ3n) is 4.38. The zero-order valence-electron chi connectivity index (χ0n) is 15.6. The first-order valence-corrected chi connectivity index (χ1v) is 10.5. The molecule has 0 atom stereocenters. The van der Waals surface area contributed by atoms with Crippen LogP contribution in [0.15, 0.2) is 52.2 Å². The van der Waals surface area contributed by atoms with Crippen LogP contribution in [-0.4, -0.2) is 33.6 Å². The highest BCUT2D eigenvalue weighted by molar-refractivity contribution is 7.18. The Labute approximate surface area is 178 Å². The van der Waals surface area contributed by atoms with Crippen LogP contribution in [0.2, 0.25) is 0 Å². The number of ether oxygens (including phenoxy) is 1. The molecule has 4 rings (SSSR count). The summed E-state index contributed by atoms with van der Waals surface area (Å²) in [6.07, 6.45) is 1.32. The summed E-state index contributed by atoms with van der Waals surface area (Å²) in [6, 6.07) is 8.15. The van der Waals surface area contributed by atoms with Crippen LogP contribution in [0.5, 0.6) is 5.75 Å². The quantitative estimate of drug-likeness (QED) is 0.363. The van der Waals surface area contributed by atoms with E-state index in [2.05, 4.69) is 15.0 Å². The first-order chi connectivity index (χ1) is 14.5. The normalized spacial score (nSPS) is 10.8. The number of carbonyl (C=O) groups is 2. The fourth-order valence-corrected chi connectivity index (χ4v) is 4.68. The Balaban J connectivity index is 1.62. The number of hydrogen-bond donors (Lipinski definition) is 2. The van der Waals surface area contributed by atoms with Crippen molar-refractivity contribution in [3.63, 3.8) is 0 Å². The molecule has 0 saturated heterocycles. The Morgan fingerprint density at radius 2 is 2.07 bits per heavy atom. The lowest BCUT2D eigenvalue weighted by Crippen LogP contribution is -2.27. The molecular weight excluding hydrogens is 426 g/mol. The van der Waals surface area contributed by atoms with Gasteiger partial charge in [0.2, 0.25) is 5.91 Å². The molecule has 3 aromatic heterocycles. The van der Waals surface area contributed by atoms with Gasteiger partial charge in [0, 0.05) is 15.8 Å². The van der Waals surface area contributed by atoms with E-state index in [1.807, 2.05) is 22.9 Å². The molecule has 10 heteroatoms. The van der Waals surface area contributed by atoms with Crippen LogP contribution in [0.4, 0.5) is 5.69 Å². The highest BCUT2D eigenvalue weighted by Crippen LogP contribution is 2.33. The number of rotatable bonds is 5. The summed E-state index contributed by atoms with van der Waals surface area (Å²) in [5.41, 5.74) is 0.433. The van der Waals surface area contributed by atoms with Gasteiger partial charge in [-0.2, -0.15) is 0 Å². The fourth-order valence-electron chi connectivity index (χ4n) is 2.96. The van der Waals surface area contributed by atoms with Gasteiger partial charge in [-0.15, -0.1) is 22.7 Å². The van der Waals surface area contributed by atoms with Crippen molar-refractivity contribution in [2.45, 2.75) is 6.54 Å². The summed E-state index contributed by atoms with van der Waals surface area (Å²) in [5, 5.41) is 17.0. The average Bonchev–Trinajstić information content (AvgIpc) is 3.41.